The zero-order chi connectivity index (χ0) is 18.0. The maximum atomic E-state index is 14.1. The molecule has 7 nitrogen and oxygen atoms in total. The number of aromatic nitrogens is 3. The number of amides is 2. The number of thioether (sulfide) groups is 1. The number of benzene rings is 1. The van der Waals surface area contributed by atoms with Crippen molar-refractivity contribution >= 4 is 23.8 Å². The molecule has 0 spiro atoms. The van der Waals surface area contributed by atoms with Gasteiger partial charge in [0.1, 0.15) is 5.82 Å². The minimum Gasteiger partial charge on any atom is -0.453 e. The summed E-state index contributed by atoms with van der Waals surface area (Å²) in [6.45, 7) is 1.65. The van der Waals surface area contributed by atoms with Gasteiger partial charge in [-0.1, -0.05) is 23.9 Å². The topological polar surface area (TPSA) is 86.1 Å². The van der Waals surface area contributed by atoms with Crippen molar-refractivity contribution in [3.8, 4) is 11.4 Å². The number of imide groups is 1. The molecule has 1 N–H and O–H groups in total. The van der Waals surface area contributed by atoms with Gasteiger partial charge in [0.15, 0.2) is 11.0 Å². The highest BCUT2D eigenvalue weighted by Crippen LogP contribution is 2.42. The minimum atomic E-state index is -0.812. The first-order valence-electron chi connectivity index (χ1n) is 7.76. The van der Waals surface area contributed by atoms with Crippen molar-refractivity contribution in [1.29, 1.82) is 0 Å². The zero-order valence-corrected chi connectivity index (χ0v) is 14.5. The van der Waals surface area contributed by atoms with E-state index in [2.05, 4.69) is 20.3 Å². The number of nitrogens with one attached hydrogen (secondary N) is 1. The van der Waals surface area contributed by atoms with Gasteiger partial charge in [0, 0.05) is 6.04 Å². The molecule has 132 valence electrons. The van der Waals surface area contributed by atoms with E-state index >= 15 is 0 Å². The lowest BCUT2D eigenvalue weighted by Gasteiger charge is -2.12. The van der Waals surface area contributed by atoms with Gasteiger partial charge >= 0.3 is 6.09 Å². The SMILES string of the molecule is COC(=O)NC(=O)[C@H](C)Sc1nnc(-c2ccccc2F)n1C1CC1. The lowest BCUT2D eigenvalue weighted by molar-refractivity contribution is -0.119. The molecule has 0 unspecified atom stereocenters. The van der Waals surface area contributed by atoms with Crippen molar-refractivity contribution in [1.82, 2.24) is 20.1 Å². The number of hydrogen-bond acceptors (Lipinski definition) is 6. The summed E-state index contributed by atoms with van der Waals surface area (Å²) in [7, 11) is 1.19. The number of hydrogen-bond donors (Lipinski definition) is 1. The van der Waals surface area contributed by atoms with E-state index in [1.54, 1.807) is 25.1 Å². The fourth-order valence-electron chi connectivity index (χ4n) is 2.31. The summed E-state index contributed by atoms with van der Waals surface area (Å²) in [5.41, 5.74) is 0.375. The molecule has 0 saturated heterocycles. The maximum Gasteiger partial charge on any atom is 0.413 e. The zero-order valence-electron chi connectivity index (χ0n) is 13.7. The van der Waals surface area contributed by atoms with Crippen molar-refractivity contribution in [2.24, 2.45) is 0 Å². The third-order valence-electron chi connectivity index (χ3n) is 3.75. The molecule has 3 rings (SSSR count). The predicted molar refractivity (Wildman–Crippen MR) is 89.6 cm³/mol. The molecule has 1 aliphatic carbocycles. The molecule has 1 saturated carbocycles. The quantitative estimate of drug-likeness (QED) is 0.821. The van der Waals surface area contributed by atoms with Gasteiger partial charge in [-0.3, -0.25) is 14.7 Å². The number of carbonyl (C=O) groups excluding carboxylic acids is 2. The lowest BCUT2D eigenvalue weighted by atomic mass is 10.2. The summed E-state index contributed by atoms with van der Waals surface area (Å²) in [6.07, 6.45) is 1.10. The van der Waals surface area contributed by atoms with Crippen molar-refractivity contribution in [2.45, 2.75) is 36.2 Å². The van der Waals surface area contributed by atoms with Crippen LogP contribution in [0.1, 0.15) is 25.8 Å². The number of halogens is 1. The number of alkyl carbamates (subject to hydrolysis) is 1. The van der Waals surface area contributed by atoms with Gasteiger partial charge in [-0.15, -0.1) is 10.2 Å². The van der Waals surface area contributed by atoms with Gasteiger partial charge < -0.3 is 4.74 Å². The largest absolute Gasteiger partial charge is 0.453 e. The molecule has 0 radical (unpaired) electrons. The summed E-state index contributed by atoms with van der Waals surface area (Å²) < 4.78 is 20.4. The average molecular weight is 364 g/mol. The van der Waals surface area contributed by atoms with E-state index in [4.69, 9.17) is 0 Å². The molecule has 0 bridgehead atoms. The Morgan fingerprint density at radius 1 is 1.36 bits per heavy atom. The standard InChI is InChI=1S/C16H17FN4O3S/c1-9(14(22)18-16(23)24-2)25-15-20-19-13(21(15)10-7-8-10)11-5-3-4-6-12(11)17/h3-6,9-10H,7-8H2,1-2H3,(H,18,22,23)/t9-/m0/s1. The smallest absolute Gasteiger partial charge is 0.413 e. The van der Waals surface area contributed by atoms with E-state index in [1.165, 1.54) is 24.9 Å². The Morgan fingerprint density at radius 2 is 2.08 bits per heavy atom. The van der Waals surface area contributed by atoms with E-state index < -0.39 is 17.3 Å². The van der Waals surface area contributed by atoms with Crippen LogP contribution in [0.3, 0.4) is 0 Å². The number of methoxy groups -OCH3 is 1. The van der Waals surface area contributed by atoms with Gasteiger partial charge in [0.25, 0.3) is 0 Å². The second kappa shape index (κ2) is 7.22. The number of nitrogens with zero attached hydrogens (tertiary/aromatic N) is 3. The first-order chi connectivity index (χ1) is 12.0. The summed E-state index contributed by atoms with van der Waals surface area (Å²) in [6, 6.07) is 6.58. The van der Waals surface area contributed by atoms with Crippen molar-refractivity contribution < 1.29 is 18.7 Å². The third-order valence-corrected chi connectivity index (χ3v) is 4.81. The number of rotatable bonds is 5. The van der Waals surface area contributed by atoms with Crippen LogP contribution in [0.4, 0.5) is 9.18 Å². The van der Waals surface area contributed by atoms with E-state index in [1.807, 2.05) is 4.57 Å². The highest BCUT2D eigenvalue weighted by atomic mass is 32.2. The van der Waals surface area contributed by atoms with E-state index in [0.29, 0.717) is 16.5 Å². The number of ether oxygens (including phenoxy) is 1. The van der Waals surface area contributed by atoms with Crippen LogP contribution in [0, 0.1) is 5.82 Å². The Morgan fingerprint density at radius 3 is 2.72 bits per heavy atom. The molecular formula is C16H17FN4O3S. The van der Waals surface area contributed by atoms with Crippen LogP contribution in [0.15, 0.2) is 29.4 Å². The van der Waals surface area contributed by atoms with Gasteiger partial charge in [-0.05, 0) is 31.9 Å². The summed E-state index contributed by atoms with van der Waals surface area (Å²) in [5.74, 6) is -0.414. The molecule has 1 heterocycles. The van der Waals surface area contributed by atoms with Crippen LogP contribution in [-0.4, -0.2) is 39.1 Å². The van der Waals surface area contributed by atoms with E-state index in [9.17, 15) is 14.0 Å². The summed E-state index contributed by atoms with van der Waals surface area (Å²) in [5, 5.41) is 10.3. The van der Waals surface area contributed by atoms with Crippen molar-refractivity contribution in [3.63, 3.8) is 0 Å². The van der Waals surface area contributed by atoms with Crippen LogP contribution < -0.4 is 5.32 Å². The van der Waals surface area contributed by atoms with Crippen LogP contribution in [0.2, 0.25) is 0 Å². The molecule has 2 amide bonds. The first-order valence-corrected chi connectivity index (χ1v) is 8.64. The Bertz CT molecular complexity index is 806. The molecule has 2 aromatic rings. The lowest BCUT2D eigenvalue weighted by Crippen LogP contribution is -2.36. The number of carbonyl (C=O) groups is 2. The fraction of sp³-hybridized carbons (Fsp3) is 0.375. The van der Waals surface area contributed by atoms with E-state index in [-0.39, 0.29) is 11.9 Å². The van der Waals surface area contributed by atoms with E-state index in [0.717, 1.165) is 12.8 Å². The van der Waals surface area contributed by atoms with Crippen LogP contribution >= 0.6 is 11.8 Å². The molecular weight excluding hydrogens is 347 g/mol. The Kier molecular flexibility index (Phi) is 5.03. The predicted octanol–water partition coefficient (Wildman–Crippen LogP) is 2.78. The second-order valence-corrected chi connectivity index (χ2v) is 6.94. The normalized spacial score (nSPS) is 14.8. The molecule has 1 aromatic carbocycles. The molecule has 25 heavy (non-hydrogen) atoms. The molecule has 1 aromatic heterocycles. The second-order valence-electron chi connectivity index (χ2n) is 5.63. The summed E-state index contributed by atoms with van der Waals surface area (Å²) >= 11 is 1.17. The molecule has 1 atom stereocenters. The highest BCUT2D eigenvalue weighted by molar-refractivity contribution is 8.00. The van der Waals surface area contributed by atoms with Gasteiger partial charge in [-0.2, -0.15) is 0 Å². The van der Waals surface area contributed by atoms with Crippen molar-refractivity contribution in [3.05, 3.63) is 30.1 Å². The third kappa shape index (κ3) is 3.81. The minimum absolute atomic E-state index is 0.197. The molecule has 0 aliphatic heterocycles. The maximum absolute atomic E-state index is 14.1. The Balaban J connectivity index is 1.85. The molecule has 1 fully saturated rings. The van der Waals surface area contributed by atoms with Gasteiger partial charge in [0.2, 0.25) is 5.91 Å². The molecule has 1 aliphatic rings. The molecule has 9 heteroatoms. The Labute approximate surface area is 148 Å². The summed E-state index contributed by atoms with van der Waals surface area (Å²) in [4.78, 5) is 23.1. The average Bonchev–Trinajstić information content (AvgIpc) is 3.36. The first kappa shape index (κ1) is 17.4. The Hall–Kier alpha value is -2.42. The van der Waals surface area contributed by atoms with Gasteiger partial charge in [0.05, 0.1) is 17.9 Å². The fourth-order valence-corrected chi connectivity index (χ4v) is 3.23. The van der Waals surface area contributed by atoms with Crippen LogP contribution in [-0.2, 0) is 9.53 Å². The van der Waals surface area contributed by atoms with Crippen LogP contribution in [0.25, 0.3) is 11.4 Å². The highest BCUT2D eigenvalue weighted by Gasteiger charge is 2.32. The van der Waals surface area contributed by atoms with Gasteiger partial charge in [-0.25, -0.2) is 9.18 Å². The monoisotopic (exact) mass is 364 g/mol. The van der Waals surface area contributed by atoms with Crippen LogP contribution in [0.5, 0.6) is 0 Å². The van der Waals surface area contributed by atoms with Crippen molar-refractivity contribution in [2.75, 3.05) is 7.11 Å².